The van der Waals surface area contributed by atoms with Crippen molar-refractivity contribution in [2.45, 2.75) is 19.4 Å². The van der Waals surface area contributed by atoms with Gasteiger partial charge in [-0.25, -0.2) is 0 Å². The Labute approximate surface area is 75.7 Å². The lowest BCUT2D eigenvalue weighted by Crippen LogP contribution is -2.29. The Bertz CT molecular complexity index is 120. The Morgan fingerprint density at radius 2 is 1.83 bits per heavy atom. The summed E-state index contributed by atoms with van der Waals surface area (Å²) in [5.41, 5.74) is 5.65. The molecule has 0 fully saturated rings. The van der Waals surface area contributed by atoms with Crippen LogP contribution in [-0.2, 0) is 0 Å². The molecule has 70 valence electrons. The van der Waals surface area contributed by atoms with Crippen molar-refractivity contribution in [2.24, 2.45) is 5.73 Å². The summed E-state index contributed by atoms with van der Waals surface area (Å²) in [5.74, 6) is 0. The standard InChI is InChI=1S/C10H20N2/c1-4-7-12(8-5-2)9-6-10(3)11/h4-5,10H,1-2,6-9,11H2,3H3. The van der Waals surface area contributed by atoms with Crippen LogP contribution in [0.2, 0.25) is 0 Å². The molecule has 2 nitrogen and oxygen atoms in total. The number of rotatable bonds is 7. The largest absolute Gasteiger partial charge is 0.328 e. The highest BCUT2D eigenvalue weighted by Gasteiger charge is 2.01. The molecule has 0 radical (unpaired) electrons. The summed E-state index contributed by atoms with van der Waals surface area (Å²) >= 11 is 0. The van der Waals surface area contributed by atoms with Crippen LogP contribution in [-0.4, -0.2) is 30.6 Å². The maximum Gasteiger partial charge on any atom is 0.0163 e. The first kappa shape index (κ1) is 11.4. The van der Waals surface area contributed by atoms with Crippen LogP contribution >= 0.6 is 0 Å². The summed E-state index contributed by atoms with van der Waals surface area (Å²) < 4.78 is 0. The maximum atomic E-state index is 5.65. The van der Waals surface area contributed by atoms with E-state index in [1.54, 1.807) is 0 Å². The molecule has 2 heteroatoms. The summed E-state index contributed by atoms with van der Waals surface area (Å²) in [4.78, 5) is 2.27. The third-order valence-corrected chi connectivity index (χ3v) is 1.68. The number of hydrogen-bond acceptors (Lipinski definition) is 2. The van der Waals surface area contributed by atoms with E-state index in [0.29, 0.717) is 0 Å². The van der Waals surface area contributed by atoms with Crippen LogP contribution in [0.25, 0.3) is 0 Å². The van der Waals surface area contributed by atoms with Crippen molar-refractivity contribution in [3.8, 4) is 0 Å². The van der Waals surface area contributed by atoms with Crippen LogP contribution in [0.3, 0.4) is 0 Å². The molecule has 2 N–H and O–H groups in total. The average Bonchev–Trinajstić information content (AvgIpc) is 2.01. The molecule has 0 amide bonds. The minimum Gasteiger partial charge on any atom is -0.328 e. The van der Waals surface area contributed by atoms with Gasteiger partial charge in [-0.05, 0) is 13.3 Å². The molecule has 0 heterocycles. The van der Waals surface area contributed by atoms with E-state index in [2.05, 4.69) is 18.1 Å². The minimum absolute atomic E-state index is 0.280. The summed E-state index contributed by atoms with van der Waals surface area (Å²) in [6, 6.07) is 0.280. The van der Waals surface area contributed by atoms with Gasteiger partial charge in [-0.2, -0.15) is 0 Å². The van der Waals surface area contributed by atoms with Gasteiger partial charge in [0.05, 0.1) is 0 Å². The van der Waals surface area contributed by atoms with E-state index in [1.807, 2.05) is 19.1 Å². The van der Waals surface area contributed by atoms with E-state index in [0.717, 1.165) is 26.1 Å². The summed E-state index contributed by atoms with van der Waals surface area (Å²) in [6.45, 7) is 12.3. The van der Waals surface area contributed by atoms with E-state index < -0.39 is 0 Å². The maximum absolute atomic E-state index is 5.65. The molecule has 12 heavy (non-hydrogen) atoms. The minimum atomic E-state index is 0.280. The van der Waals surface area contributed by atoms with E-state index in [-0.39, 0.29) is 6.04 Å². The highest BCUT2D eigenvalue weighted by Crippen LogP contribution is 1.94. The SMILES string of the molecule is C=CCN(CC=C)CCC(C)N. The van der Waals surface area contributed by atoms with Gasteiger partial charge in [0, 0.05) is 25.7 Å². The first-order valence-corrected chi connectivity index (χ1v) is 4.40. The van der Waals surface area contributed by atoms with Crippen molar-refractivity contribution in [1.82, 2.24) is 4.90 Å². The normalized spacial score (nSPS) is 12.9. The molecular formula is C10H20N2. The Kier molecular flexibility index (Phi) is 6.72. The van der Waals surface area contributed by atoms with E-state index in [1.165, 1.54) is 0 Å². The molecule has 0 aliphatic rings. The third-order valence-electron chi connectivity index (χ3n) is 1.68. The van der Waals surface area contributed by atoms with E-state index >= 15 is 0 Å². The Hall–Kier alpha value is -0.600. The number of nitrogens with zero attached hydrogens (tertiary/aromatic N) is 1. The zero-order valence-electron chi connectivity index (χ0n) is 8.00. The van der Waals surface area contributed by atoms with Gasteiger partial charge in [0.1, 0.15) is 0 Å². The Balaban J connectivity index is 3.61. The van der Waals surface area contributed by atoms with Crippen LogP contribution in [0, 0.1) is 0 Å². The molecule has 0 aliphatic carbocycles. The number of nitrogens with two attached hydrogens (primary N) is 1. The monoisotopic (exact) mass is 168 g/mol. The van der Waals surface area contributed by atoms with Crippen molar-refractivity contribution < 1.29 is 0 Å². The fourth-order valence-corrected chi connectivity index (χ4v) is 1.01. The van der Waals surface area contributed by atoms with Gasteiger partial charge in [0.15, 0.2) is 0 Å². The van der Waals surface area contributed by atoms with Crippen LogP contribution in [0.1, 0.15) is 13.3 Å². The molecule has 0 spiro atoms. The molecule has 0 bridgehead atoms. The van der Waals surface area contributed by atoms with Gasteiger partial charge >= 0.3 is 0 Å². The fraction of sp³-hybridized carbons (Fsp3) is 0.600. The van der Waals surface area contributed by atoms with Crippen molar-refractivity contribution >= 4 is 0 Å². The molecule has 0 rings (SSSR count). The van der Waals surface area contributed by atoms with Crippen molar-refractivity contribution in [1.29, 1.82) is 0 Å². The molecular weight excluding hydrogens is 148 g/mol. The fourth-order valence-electron chi connectivity index (χ4n) is 1.01. The average molecular weight is 168 g/mol. The Morgan fingerprint density at radius 3 is 2.17 bits per heavy atom. The summed E-state index contributed by atoms with van der Waals surface area (Å²) in [7, 11) is 0. The van der Waals surface area contributed by atoms with Gasteiger partial charge in [-0.1, -0.05) is 12.2 Å². The topological polar surface area (TPSA) is 29.3 Å². The van der Waals surface area contributed by atoms with Gasteiger partial charge in [0.25, 0.3) is 0 Å². The molecule has 0 saturated carbocycles. The lowest BCUT2D eigenvalue weighted by atomic mass is 10.2. The molecule has 0 aromatic carbocycles. The van der Waals surface area contributed by atoms with Crippen molar-refractivity contribution in [2.75, 3.05) is 19.6 Å². The zero-order chi connectivity index (χ0) is 9.40. The van der Waals surface area contributed by atoms with Crippen LogP contribution in [0.4, 0.5) is 0 Å². The third kappa shape index (κ3) is 6.13. The van der Waals surface area contributed by atoms with Gasteiger partial charge < -0.3 is 5.73 Å². The van der Waals surface area contributed by atoms with Crippen LogP contribution < -0.4 is 5.73 Å². The number of hydrogen-bond donors (Lipinski definition) is 1. The van der Waals surface area contributed by atoms with Crippen molar-refractivity contribution in [3.63, 3.8) is 0 Å². The summed E-state index contributed by atoms with van der Waals surface area (Å²) in [6.07, 6.45) is 4.84. The lowest BCUT2D eigenvalue weighted by molar-refractivity contribution is 0.321. The van der Waals surface area contributed by atoms with Crippen LogP contribution in [0.5, 0.6) is 0 Å². The van der Waals surface area contributed by atoms with Gasteiger partial charge in [-0.3, -0.25) is 4.90 Å². The highest BCUT2D eigenvalue weighted by molar-refractivity contribution is 4.80. The van der Waals surface area contributed by atoms with Gasteiger partial charge in [0.2, 0.25) is 0 Å². The molecule has 1 unspecified atom stereocenters. The quantitative estimate of drug-likeness (QED) is 0.582. The zero-order valence-corrected chi connectivity index (χ0v) is 8.00. The smallest absolute Gasteiger partial charge is 0.0163 e. The molecule has 0 aliphatic heterocycles. The van der Waals surface area contributed by atoms with Crippen molar-refractivity contribution in [3.05, 3.63) is 25.3 Å². The van der Waals surface area contributed by atoms with Crippen LogP contribution in [0.15, 0.2) is 25.3 Å². The first-order valence-electron chi connectivity index (χ1n) is 4.40. The lowest BCUT2D eigenvalue weighted by Gasteiger charge is -2.19. The van der Waals surface area contributed by atoms with Gasteiger partial charge in [-0.15, -0.1) is 13.2 Å². The predicted octanol–water partition coefficient (Wildman–Crippen LogP) is 1.40. The molecule has 0 aromatic heterocycles. The summed E-state index contributed by atoms with van der Waals surface area (Å²) in [5, 5.41) is 0. The highest BCUT2D eigenvalue weighted by atomic mass is 15.1. The predicted molar refractivity (Wildman–Crippen MR) is 55.1 cm³/mol. The molecule has 0 aromatic rings. The molecule has 1 atom stereocenters. The van der Waals surface area contributed by atoms with E-state index in [9.17, 15) is 0 Å². The second-order valence-corrected chi connectivity index (χ2v) is 3.10. The first-order chi connectivity index (χ1) is 5.70. The second-order valence-electron chi connectivity index (χ2n) is 3.10. The Morgan fingerprint density at radius 1 is 1.33 bits per heavy atom. The molecule has 0 saturated heterocycles. The second kappa shape index (κ2) is 7.07. The van der Waals surface area contributed by atoms with E-state index in [4.69, 9.17) is 5.73 Å².